The van der Waals surface area contributed by atoms with Crippen LogP contribution in [0.2, 0.25) is 0 Å². The molecule has 17 heavy (non-hydrogen) atoms. The normalized spacial score (nSPS) is 10.9. The highest BCUT2D eigenvalue weighted by atomic mass is 15.0. The van der Waals surface area contributed by atoms with Gasteiger partial charge in [0.15, 0.2) is 0 Å². The third-order valence-electron chi connectivity index (χ3n) is 3.24. The highest BCUT2D eigenvalue weighted by Gasteiger charge is 2.06. The third-order valence-corrected chi connectivity index (χ3v) is 3.24. The lowest BCUT2D eigenvalue weighted by Gasteiger charge is -2.07. The molecule has 2 aromatic rings. The smallest absolute Gasteiger partial charge is 0.0485 e. The van der Waals surface area contributed by atoms with Gasteiger partial charge in [-0.15, -0.1) is 6.58 Å². The van der Waals surface area contributed by atoms with Gasteiger partial charge in [-0.1, -0.05) is 44.0 Å². The van der Waals surface area contributed by atoms with E-state index in [9.17, 15) is 0 Å². The van der Waals surface area contributed by atoms with E-state index in [1.807, 2.05) is 6.08 Å². The third kappa shape index (κ3) is 2.60. The van der Waals surface area contributed by atoms with Crippen LogP contribution < -0.4 is 0 Å². The molecule has 1 heteroatoms. The highest BCUT2D eigenvalue weighted by Crippen LogP contribution is 2.21. The van der Waals surface area contributed by atoms with E-state index in [-0.39, 0.29) is 0 Å². The SMILES string of the molecule is C=CCn1c(CCCCC)cc2ccccc21. The molecule has 0 radical (unpaired) electrons. The quantitative estimate of drug-likeness (QED) is 0.503. The Balaban J connectivity index is 2.32. The molecule has 1 nitrogen and oxygen atoms in total. The number of unbranched alkanes of at least 4 members (excludes halogenated alkanes) is 2. The van der Waals surface area contributed by atoms with Crippen molar-refractivity contribution in [3.8, 4) is 0 Å². The maximum atomic E-state index is 3.86. The van der Waals surface area contributed by atoms with E-state index in [4.69, 9.17) is 0 Å². The monoisotopic (exact) mass is 227 g/mol. The Bertz CT molecular complexity index is 493. The van der Waals surface area contributed by atoms with Crippen LogP contribution in [-0.4, -0.2) is 4.57 Å². The molecular formula is C16H21N. The molecule has 0 bridgehead atoms. The van der Waals surface area contributed by atoms with Gasteiger partial charge in [0, 0.05) is 17.8 Å². The van der Waals surface area contributed by atoms with Crippen LogP contribution in [0.5, 0.6) is 0 Å². The molecular weight excluding hydrogens is 206 g/mol. The number of allylic oxidation sites excluding steroid dienone is 1. The zero-order valence-electron chi connectivity index (χ0n) is 10.7. The first kappa shape index (κ1) is 12.0. The fraction of sp³-hybridized carbons (Fsp3) is 0.375. The van der Waals surface area contributed by atoms with Crippen molar-refractivity contribution in [3.63, 3.8) is 0 Å². The predicted molar refractivity (Wildman–Crippen MR) is 75.4 cm³/mol. The molecule has 0 aliphatic heterocycles. The molecule has 0 spiro atoms. The summed E-state index contributed by atoms with van der Waals surface area (Å²) in [7, 11) is 0. The number of hydrogen-bond donors (Lipinski definition) is 0. The number of fused-ring (bicyclic) bond motifs is 1. The molecule has 0 amide bonds. The Morgan fingerprint density at radius 1 is 1.24 bits per heavy atom. The second-order valence-electron chi connectivity index (χ2n) is 4.55. The van der Waals surface area contributed by atoms with Crippen LogP contribution in [-0.2, 0) is 13.0 Å². The number of para-hydroxylation sites is 1. The summed E-state index contributed by atoms with van der Waals surface area (Å²) in [4.78, 5) is 0. The Labute approximate surface area is 104 Å². The van der Waals surface area contributed by atoms with Crippen LogP contribution in [0.1, 0.15) is 31.9 Å². The van der Waals surface area contributed by atoms with Gasteiger partial charge in [0.25, 0.3) is 0 Å². The van der Waals surface area contributed by atoms with Crippen molar-refractivity contribution in [1.82, 2.24) is 4.57 Å². The maximum Gasteiger partial charge on any atom is 0.0485 e. The van der Waals surface area contributed by atoms with Crippen molar-refractivity contribution in [2.24, 2.45) is 0 Å². The van der Waals surface area contributed by atoms with Crippen LogP contribution in [0.15, 0.2) is 43.0 Å². The molecule has 1 heterocycles. The second kappa shape index (κ2) is 5.72. The molecule has 0 saturated heterocycles. The van der Waals surface area contributed by atoms with Crippen molar-refractivity contribution >= 4 is 10.9 Å². The van der Waals surface area contributed by atoms with Gasteiger partial charge in [-0.2, -0.15) is 0 Å². The average Bonchev–Trinajstić information content (AvgIpc) is 2.69. The highest BCUT2D eigenvalue weighted by molar-refractivity contribution is 5.81. The molecule has 0 unspecified atom stereocenters. The fourth-order valence-corrected chi connectivity index (χ4v) is 2.38. The van der Waals surface area contributed by atoms with Crippen molar-refractivity contribution in [1.29, 1.82) is 0 Å². The Morgan fingerprint density at radius 2 is 2.06 bits per heavy atom. The minimum Gasteiger partial charge on any atom is -0.341 e. The summed E-state index contributed by atoms with van der Waals surface area (Å²) in [5.74, 6) is 0. The summed E-state index contributed by atoms with van der Waals surface area (Å²) in [6.45, 7) is 7.02. The van der Waals surface area contributed by atoms with Crippen molar-refractivity contribution in [2.75, 3.05) is 0 Å². The van der Waals surface area contributed by atoms with E-state index in [1.165, 1.54) is 42.3 Å². The van der Waals surface area contributed by atoms with E-state index in [1.54, 1.807) is 0 Å². The summed E-state index contributed by atoms with van der Waals surface area (Å²) in [5.41, 5.74) is 2.78. The Kier molecular flexibility index (Phi) is 4.03. The largest absolute Gasteiger partial charge is 0.341 e. The molecule has 0 aliphatic rings. The van der Waals surface area contributed by atoms with E-state index in [2.05, 4.69) is 48.4 Å². The molecule has 90 valence electrons. The summed E-state index contributed by atoms with van der Waals surface area (Å²) < 4.78 is 2.39. The van der Waals surface area contributed by atoms with Gasteiger partial charge in [-0.25, -0.2) is 0 Å². The number of rotatable bonds is 6. The molecule has 0 saturated carbocycles. The predicted octanol–water partition coefficient (Wildman–Crippen LogP) is 4.56. The minimum atomic E-state index is 0.912. The van der Waals surface area contributed by atoms with Crippen LogP contribution in [0.4, 0.5) is 0 Å². The Morgan fingerprint density at radius 3 is 2.82 bits per heavy atom. The molecule has 1 aromatic heterocycles. The number of benzene rings is 1. The van der Waals surface area contributed by atoms with Gasteiger partial charge in [0.1, 0.15) is 0 Å². The van der Waals surface area contributed by atoms with E-state index < -0.39 is 0 Å². The molecule has 2 rings (SSSR count). The summed E-state index contributed by atoms with van der Waals surface area (Å²) in [6, 6.07) is 10.9. The molecule has 0 N–H and O–H groups in total. The summed E-state index contributed by atoms with van der Waals surface area (Å²) >= 11 is 0. The molecule has 0 atom stereocenters. The van der Waals surface area contributed by atoms with Crippen molar-refractivity contribution in [2.45, 2.75) is 39.2 Å². The lowest BCUT2D eigenvalue weighted by Crippen LogP contribution is -2.01. The van der Waals surface area contributed by atoms with E-state index in [0.717, 1.165) is 6.54 Å². The number of aryl methyl sites for hydroxylation is 1. The lowest BCUT2D eigenvalue weighted by atomic mass is 10.1. The number of hydrogen-bond acceptors (Lipinski definition) is 0. The first-order valence-corrected chi connectivity index (χ1v) is 6.55. The fourth-order valence-electron chi connectivity index (χ4n) is 2.38. The first-order chi connectivity index (χ1) is 8.36. The topological polar surface area (TPSA) is 4.93 Å². The standard InChI is InChI=1S/C16H21N/c1-3-5-6-10-15-13-14-9-7-8-11-16(14)17(15)12-4-2/h4,7-9,11,13H,2-3,5-6,10,12H2,1H3. The van der Waals surface area contributed by atoms with Gasteiger partial charge >= 0.3 is 0 Å². The molecule has 0 fully saturated rings. The maximum absolute atomic E-state index is 3.86. The van der Waals surface area contributed by atoms with Gasteiger partial charge in [-0.05, 0) is 30.4 Å². The van der Waals surface area contributed by atoms with Gasteiger partial charge in [0.05, 0.1) is 0 Å². The van der Waals surface area contributed by atoms with Gasteiger partial charge in [-0.3, -0.25) is 0 Å². The van der Waals surface area contributed by atoms with E-state index in [0.29, 0.717) is 0 Å². The van der Waals surface area contributed by atoms with Crippen LogP contribution in [0.25, 0.3) is 10.9 Å². The van der Waals surface area contributed by atoms with E-state index >= 15 is 0 Å². The first-order valence-electron chi connectivity index (χ1n) is 6.55. The van der Waals surface area contributed by atoms with Gasteiger partial charge in [0.2, 0.25) is 0 Å². The minimum absolute atomic E-state index is 0.912. The molecule has 0 aliphatic carbocycles. The van der Waals surface area contributed by atoms with Crippen LogP contribution in [0, 0.1) is 0 Å². The number of nitrogens with zero attached hydrogens (tertiary/aromatic N) is 1. The zero-order chi connectivity index (χ0) is 12.1. The second-order valence-corrected chi connectivity index (χ2v) is 4.55. The van der Waals surface area contributed by atoms with Gasteiger partial charge < -0.3 is 4.57 Å². The van der Waals surface area contributed by atoms with Crippen molar-refractivity contribution < 1.29 is 0 Å². The molecule has 1 aromatic carbocycles. The lowest BCUT2D eigenvalue weighted by molar-refractivity contribution is 0.679. The van der Waals surface area contributed by atoms with Crippen LogP contribution in [0.3, 0.4) is 0 Å². The zero-order valence-corrected chi connectivity index (χ0v) is 10.7. The number of aromatic nitrogens is 1. The summed E-state index contributed by atoms with van der Waals surface area (Å²) in [5, 5.41) is 1.35. The van der Waals surface area contributed by atoms with Crippen LogP contribution >= 0.6 is 0 Å². The average molecular weight is 227 g/mol. The van der Waals surface area contributed by atoms with Crippen molar-refractivity contribution in [3.05, 3.63) is 48.7 Å². The summed E-state index contributed by atoms with van der Waals surface area (Å²) in [6.07, 6.45) is 7.04. The Hall–Kier alpha value is -1.50.